The summed E-state index contributed by atoms with van der Waals surface area (Å²) in [6.07, 6.45) is -0.626. The van der Waals surface area contributed by atoms with Gasteiger partial charge in [-0.1, -0.05) is 18.2 Å². The fourth-order valence-corrected chi connectivity index (χ4v) is 2.67. The van der Waals surface area contributed by atoms with Gasteiger partial charge >= 0.3 is 6.09 Å². The van der Waals surface area contributed by atoms with Crippen LogP contribution in [-0.2, 0) is 4.74 Å². The largest absolute Gasteiger partial charge is 0.444 e. The van der Waals surface area contributed by atoms with Crippen molar-refractivity contribution in [3.8, 4) is 11.3 Å². The van der Waals surface area contributed by atoms with Gasteiger partial charge in [-0.3, -0.25) is 25.3 Å². The number of aromatic nitrogens is 2. The molecule has 160 valence electrons. The number of hydrogen-bond donors (Lipinski definition) is 3. The lowest BCUT2D eigenvalue weighted by Crippen LogP contribution is -2.27. The number of nitro groups is 1. The first-order chi connectivity index (χ1) is 14.6. The predicted molar refractivity (Wildman–Crippen MR) is 115 cm³/mol. The summed E-state index contributed by atoms with van der Waals surface area (Å²) in [6, 6.07) is 14.0. The molecule has 0 fully saturated rings. The molecule has 0 saturated carbocycles. The number of hydrogen-bond acceptors (Lipinski definition) is 6. The molecular weight excluding hydrogens is 402 g/mol. The minimum Gasteiger partial charge on any atom is -0.444 e. The molecule has 2 amide bonds. The quantitative estimate of drug-likeness (QED) is 0.405. The number of benzene rings is 2. The van der Waals surface area contributed by atoms with Crippen molar-refractivity contribution < 1.29 is 19.2 Å². The van der Waals surface area contributed by atoms with Crippen LogP contribution in [-0.4, -0.2) is 32.7 Å². The van der Waals surface area contributed by atoms with Crippen LogP contribution in [0.4, 0.5) is 22.0 Å². The highest BCUT2D eigenvalue weighted by Crippen LogP contribution is 2.24. The van der Waals surface area contributed by atoms with Gasteiger partial charge < -0.3 is 10.1 Å². The van der Waals surface area contributed by atoms with Gasteiger partial charge in [-0.05, 0) is 39.0 Å². The third-order valence-electron chi connectivity index (χ3n) is 3.96. The van der Waals surface area contributed by atoms with Crippen molar-refractivity contribution in [3.05, 3.63) is 70.3 Å². The monoisotopic (exact) mass is 423 g/mol. The highest BCUT2D eigenvalue weighted by Gasteiger charge is 2.17. The lowest BCUT2D eigenvalue weighted by molar-refractivity contribution is -0.384. The zero-order valence-electron chi connectivity index (χ0n) is 17.1. The number of amides is 2. The van der Waals surface area contributed by atoms with Crippen LogP contribution in [0, 0.1) is 10.1 Å². The van der Waals surface area contributed by atoms with Crippen LogP contribution >= 0.6 is 0 Å². The second-order valence-corrected chi connectivity index (χ2v) is 7.64. The van der Waals surface area contributed by atoms with Crippen molar-refractivity contribution in [1.82, 2.24) is 10.2 Å². The second kappa shape index (κ2) is 8.66. The highest BCUT2D eigenvalue weighted by molar-refractivity contribution is 6.04. The van der Waals surface area contributed by atoms with Crippen molar-refractivity contribution in [1.29, 1.82) is 0 Å². The summed E-state index contributed by atoms with van der Waals surface area (Å²) in [7, 11) is 0. The minimum atomic E-state index is -0.643. The zero-order chi connectivity index (χ0) is 22.6. The molecule has 0 aliphatic heterocycles. The van der Waals surface area contributed by atoms with Gasteiger partial charge in [-0.2, -0.15) is 5.10 Å². The normalized spacial score (nSPS) is 10.9. The molecule has 3 aromatic rings. The van der Waals surface area contributed by atoms with Gasteiger partial charge in [0.05, 0.1) is 10.6 Å². The van der Waals surface area contributed by atoms with Gasteiger partial charge in [0.2, 0.25) is 0 Å². The molecule has 10 nitrogen and oxygen atoms in total. The third-order valence-corrected chi connectivity index (χ3v) is 3.96. The van der Waals surface area contributed by atoms with E-state index in [0.717, 1.165) is 0 Å². The molecule has 0 saturated heterocycles. The number of carbonyl (C=O) groups excluding carboxylic acids is 2. The van der Waals surface area contributed by atoms with E-state index in [2.05, 4.69) is 20.8 Å². The van der Waals surface area contributed by atoms with Crippen LogP contribution in [0.5, 0.6) is 0 Å². The van der Waals surface area contributed by atoms with E-state index in [1.807, 2.05) is 0 Å². The van der Waals surface area contributed by atoms with Crippen molar-refractivity contribution in [2.24, 2.45) is 0 Å². The molecule has 0 atom stereocenters. The number of ether oxygens (including phenoxy) is 1. The van der Waals surface area contributed by atoms with E-state index < -0.39 is 22.5 Å². The summed E-state index contributed by atoms with van der Waals surface area (Å²) in [6.45, 7) is 5.26. The van der Waals surface area contributed by atoms with E-state index in [0.29, 0.717) is 22.5 Å². The molecule has 0 radical (unpaired) electrons. The summed E-state index contributed by atoms with van der Waals surface area (Å²) in [5.41, 5.74) is 1.09. The summed E-state index contributed by atoms with van der Waals surface area (Å²) < 4.78 is 5.20. The Morgan fingerprint density at radius 3 is 2.52 bits per heavy atom. The summed E-state index contributed by atoms with van der Waals surface area (Å²) in [4.78, 5) is 34.9. The Kier molecular flexibility index (Phi) is 6.00. The third kappa shape index (κ3) is 5.89. The van der Waals surface area contributed by atoms with Crippen LogP contribution in [0.3, 0.4) is 0 Å². The first kappa shape index (κ1) is 21.5. The first-order valence-corrected chi connectivity index (χ1v) is 9.32. The average Bonchev–Trinajstić information content (AvgIpc) is 3.15. The molecule has 10 heteroatoms. The molecule has 0 spiro atoms. The Labute approximate surface area is 177 Å². The molecule has 0 unspecified atom stereocenters. The summed E-state index contributed by atoms with van der Waals surface area (Å²) >= 11 is 0. The SMILES string of the molecule is CC(C)(C)OC(=O)Nc1cccc(C(=O)Nc2cc(-c3cccc([N+](=O)[O-])c3)[nH]n2)c1. The average molecular weight is 423 g/mol. The molecule has 2 aromatic carbocycles. The van der Waals surface area contributed by atoms with Crippen molar-refractivity contribution in [2.75, 3.05) is 10.6 Å². The minimum absolute atomic E-state index is 0.0491. The Morgan fingerprint density at radius 1 is 1.06 bits per heavy atom. The lowest BCUT2D eigenvalue weighted by atomic mass is 10.1. The molecule has 0 aliphatic carbocycles. The van der Waals surface area contributed by atoms with Gasteiger partial charge in [0.1, 0.15) is 5.60 Å². The molecule has 1 aromatic heterocycles. The molecule has 0 bridgehead atoms. The number of nitro benzene ring substituents is 1. The number of rotatable bonds is 5. The predicted octanol–water partition coefficient (Wildman–Crippen LogP) is 4.58. The highest BCUT2D eigenvalue weighted by atomic mass is 16.6. The van der Waals surface area contributed by atoms with Crippen molar-refractivity contribution in [3.63, 3.8) is 0 Å². The van der Waals surface area contributed by atoms with Gasteiger partial charge in [0.15, 0.2) is 5.82 Å². The van der Waals surface area contributed by atoms with Gasteiger partial charge in [-0.15, -0.1) is 0 Å². The van der Waals surface area contributed by atoms with Crippen molar-refractivity contribution >= 4 is 29.2 Å². The number of carbonyl (C=O) groups is 2. The van der Waals surface area contributed by atoms with Crippen LogP contribution < -0.4 is 10.6 Å². The smallest absolute Gasteiger partial charge is 0.412 e. The fraction of sp³-hybridized carbons (Fsp3) is 0.190. The molecule has 3 rings (SSSR count). The topological polar surface area (TPSA) is 139 Å². The van der Waals surface area contributed by atoms with Gasteiger partial charge in [0.25, 0.3) is 11.6 Å². The molecule has 1 heterocycles. The number of H-pyrrole nitrogens is 1. The van der Waals surface area contributed by atoms with E-state index >= 15 is 0 Å². The van der Waals surface area contributed by atoms with E-state index in [4.69, 9.17) is 4.74 Å². The van der Waals surface area contributed by atoms with Crippen LogP contribution in [0.1, 0.15) is 31.1 Å². The zero-order valence-corrected chi connectivity index (χ0v) is 17.1. The summed E-state index contributed by atoms with van der Waals surface area (Å²) in [5, 5.41) is 22.9. The Hall–Kier alpha value is -4.21. The number of aromatic amines is 1. The van der Waals surface area contributed by atoms with Gasteiger partial charge in [0, 0.05) is 35.0 Å². The van der Waals surface area contributed by atoms with Crippen LogP contribution in [0.25, 0.3) is 11.3 Å². The number of nitrogens with one attached hydrogen (secondary N) is 3. The Balaban J connectivity index is 1.69. The maximum atomic E-state index is 12.6. The van der Waals surface area contributed by atoms with E-state index in [1.165, 1.54) is 18.2 Å². The Morgan fingerprint density at radius 2 is 1.81 bits per heavy atom. The van der Waals surface area contributed by atoms with Crippen LogP contribution in [0.15, 0.2) is 54.6 Å². The number of anilines is 2. The van der Waals surface area contributed by atoms with E-state index in [-0.39, 0.29) is 11.5 Å². The van der Waals surface area contributed by atoms with Gasteiger partial charge in [-0.25, -0.2) is 4.79 Å². The first-order valence-electron chi connectivity index (χ1n) is 9.32. The van der Waals surface area contributed by atoms with Crippen LogP contribution in [0.2, 0.25) is 0 Å². The van der Waals surface area contributed by atoms with E-state index in [9.17, 15) is 19.7 Å². The maximum Gasteiger partial charge on any atom is 0.412 e. The number of non-ortho nitro benzene ring substituents is 1. The molecule has 3 N–H and O–H groups in total. The Bertz CT molecular complexity index is 1130. The molecule has 0 aliphatic rings. The summed E-state index contributed by atoms with van der Waals surface area (Å²) in [5.74, 6) is -0.193. The lowest BCUT2D eigenvalue weighted by Gasteiger charge is -2.19. The second-order valence-electron chi connectivity index (χ2n) is 7.64. The fourth-order valence-electron chi connectivity index (χ4n) is 2.67. The molecule has 31 heavy (non-hydrogen) atoms. The number of nitrogens with zero attached hydrogens (tertiary/aromatic N) is 2. The van der Waals surface area contributed by atoms with E-state index in [1.54, 1.807) is 57.2 Å². The molecular formula is C21H21N5O5. The standard InChI is InChI=1S/C21H21N5O5/c1-21(2,3)31-20(28)22-15-8-4-7-14(10-15)19(27)23-18-12-17(24-25-18)13-6-5-9-16(11-13)26(29)30/h4-12H,1-3H3,(H,22,28)(H2,23,24,25,27). The maximum absolute atomic E-state index is 12.6. The van der Waals surface area contributed by atoms with Crippen molar-refractivity contribution in [2.45, 2.75) is 26.4 Å².